The highest BCUT2D eigenvalue weighted by Crippen LogP contribution is 2.22. The second kappa shape index (κ2) is 7.58. The number of para-hydroxylation sites is 1. The van der Waals surface area contributed by atoms with Crippen molar-refractivity contribution in [1.82, 2.24) is 10.3 Å². The number of rotatable bonds is 4. The number of carbonyl (C=O) groups is 3. The van der Waals surface area contributed by atoms with Crippen LogP contribution in [0.5, 0.6) is 0 Å². The van der Waals surface area contributed by atoms with E-state index in [1.54, 1.807) is 37.3 Å². The summed E-state index contributed by atoms with van der Waals surface area (Å²) in [6.07, 6.45) is 0. The number of Topliss-reactive ketones (excluding diaryl/α,β-unsaturated/α-hetero) is 1. The van der Waals surface area contributed by atoms with Gasteiger partial charge in [-0.25, -0.2) is 0 Å². The summed E-state index contributed by atoms with van der Waals surface area (Å²) in [5.74, 6) is 3.81. The van der Waals surface area contributed by atoms with E-state index in [9.17, 15) is 14.4 Å². The number of hydrogen-bond acceptors (Lipinski definition) is 3. The average Bonchev–Trinajstić information content (AvgIpc) is 3.00. The minimum absolute atomic E-state index is 0.0313. The Bertz CT molecular complexity index is 1100. The monoisotopic (exact) mass is 359 g/mol. The van der Waals surface area contributed by atoms with E-state index in [1.807, 2.05) is 18.2 Å². The molecule has 0 atom stereocenters. The van der Waals surface area contributed by atoms with Crippen LogP contribution < -0.4 is 11.1 Å². The number of ketones is 1. The van der Waals surface area contributed by atoms with Crippen LogP contribution in [-0.4, -0.2) is 29.1 Å². The molecule has 0 spiro atoms. The van der Waals surface area contributed by atoms with Gasteiger partial charge >= 0.3 is 0 Å². The third kappa shape index (κ3) is 3.88. The Morgan fingerprint density at radius 2 is 1.78 bits per heavy atom. The summed E-state index contributed by atoms with van der Waals surface area (Å²) in [4.78, 5) is 38.8. The Labute approximate surface area is 155 Å². The third-order valence-corrected chi connectivity index (χ3v) is 4.07. The van der Waals surface area contributed by atoms with Gasteiger partial charge in [0.2, 0.25) is 5.91 Å². The molecule has 0 aliphatic heterocycles. The van der Waals surface area contributed by atoms with Gasteiger partial charge in [-0.2, -0.15) is 0 Å². The maximum atomic E-state index is 12.5. The fourth-order valence-electron chi connectivity index (χ4n) is 2.75. The molecular formula is C21H17N3O3. The van der Waals surface area contributed by atoms with Crippen LogP contribution in [0.25, 0.3) is 10.9 Å². The van der Waals surface area contributed by atoms with E-state index < -0.39 is 17.6 Å². The molecule has 0 aliphatic carbocycles. The van der Waals surface area contributed by atoms with Crippen LogP contribution in [0.4, 0.5) is 0 Å². The van der Waals surface area contributed by atoms with Crippen molar-refractivity contribution in [3.8, 4) is 11.8 Å². The summed E-state index contributed by atoms with van der Waals surface area (Å²) < 4.78 is 0. The molecule has 0 fully saturated rings. The SMILES string of the molecule is Cc1[nH]c2ccccc2c1C(=O)C(=O)NCC#Cc1ccc(C(N)=O)cc1. The molecule has 0 aliphatic rings. The summed E-state index contributed by atoms with van der Waals surface area (Å²) >= 11 is 0. The van der Waals surface area contributed by atoms with E-state index in [-0.39, 0.29) is 6.54 Å². The number of nitrogens with two attached hydrogens (primary N) is 1. The zero-order valence-electron chi connectivity index (χ0n) is 14.6. The number of aryl methyl sites for hydroxylation is 1. The van der Waals surface area contributed by atoms with Gasteiger partial charge in [0.15, 0.2) is 0 Å². The summed E-state index contributed by atoms with van der Waals surface area (Å²) in [5.41, 5.74) is 8.08. The lowest BCUT2D eigenvalue weighted by atomic mass is 10.1. The predicted molar refractivity (Wildman–Crippen MR) is 102 cm³/mol. The number of nitrogens with one attached hydrogen (secondary N) is 2. The van der Waals surface area contributed by atoms with Crippen molar-refractivity contribution in [2.75, 3.05) is 6.54 Å². The van der Waals surface area contributed by atoms with Crippen molar-refractivity contribution in [1.29, 1.82) is 0 Å². The number of fused-ring (bicyclic) bond motifs is 1. The summed E-state index contributed by atoms with van der Waals surface area (Å²) in [6, 6.07) is 13.8. The number of H-pyrrole nitrogens is 1. The van der Waals surface area contributed by atoms with Gasteiger partial charge in [-0.1, -0.05) is 30.0 Å². The Hall–Kier alpha value is -3.85. The molecule has 3 aromatic rings. The lowest BCUT2D eigenvalue weighted by Crippen LogP contribution is -2.31. The van der Waals surface area contributed by atoms with Gasteiger partial charge in [-0.05, 0) is 37.3 Å². The number of hydrogen-bond donors (Lipinski definition) is 3. The van der Waals surface area contributed by atoms with Crippen LogP contribution in [-0.2, 0) is 4.79 Å². The molecule has 0 saturated heterocycles. The first-order valence-corrected chi connectivity index (χ1v) is 8.26. The second-order valence-corrected chi connectivity index (χ2v) is 5.93. The van der Waals surface area contributed by atoms with Crippen molar-refractivity contribution in [2.45, 2.75) is 6.92 Å². The van der Waals surface area contributed by atoms with Gasteiger partial charge < -0.3 is 16.0 Å². The first-order valence-electron chi connectivity index (χ1n) is 8.26. The van der Waals surface area contributed by atoms with Gasteiger partial charge in [0.25, 0.3) is 11.7 Å². The van der Waals surface area contributed by atoms with Crippen molar-refractivity contribution in [3.05, 3.63) is 70.9 Å². The van der Waals surface area contributed by atoms with E-state index in [0.29, 0.717) is 22.4 Å². The zero-order valence-corrected chi connectivity index (χ0v) is 14.6. The predicted octanol–water partition coefficient (Wildman–Crippen LogP) is 1.93. The van der Waals surface area contributed by atoms with E-state index in [0.717, 1.165) is 10.9 Å². The molecule has 0 radical (unpaired) electrons. The molecule has 0 saturated carbocycles. The van der Waals surface area contributed by atoms with Crippen molar-refractivity contribution < 1.29 is 14.4 Å². The van der Waals surface area contributed by atoms with Gasteiger partial charge in [0.1, 0.15) is 0 Å². The number of aromatic nitrogens is 1. The highest BCUT2D eigenvalue weighted by Gasteiger charge is 2.21. The second-order valence-electron chi connectivity index (χ2n) is 5.93. The summed E-state index contributed by atoms with van der Waals surface area (Å²) in [7, 11) is 0. The molecule has 6 heteroatoms. The van der Waals surface area contributed by atoms with E-state index >= 15 is 0 Å². The van der Waals surface area contributed by atoms with E-state index in [4.69, 9.17) is 5.73 Å². The molecule has 27 heavy (non-hydrogen) atoms. The van der Waals surface area contributed by atoms with Crippen LogP contribution >= 0.6 is 0 Å². The van der Waals surface area contributed by atoms with Crippen LogP contribution in [0.3, 0.4) is 0 Å². The Balaban J connectivity index is 1.65. The van der Waals surface area contributed by atoms with Crippen LogP contribution in [0.2, 0.25) is 0 Å². The molecule has 2 aromatic carbocycles. The summed E-state index contributed by atoms with van der Waals surface area (Å²) in [6.45, 7) is 1.79. The third-order valence-electron chi connectivity index (χ3n) is 4.07. The number of primary amides is 1. The molecule has 0 bridgehead atoms. The van der Waals surface area contributed by atoms with Crippen LogP contribution in [0.1, 0.15) is 32.0 Å². The first-order chi connectivity index (χ1) is 13.0. The summed E-state index contributed by atoms with van der Waals surface area (Å²) in [5, 5.41) is 3.23. The lowest BCUT2D eigenvalue weighted by Gasteiger charge is -2.01. The minimum Gasteiger partial charge on any atom is -0.366 e. The highest BCUT2D eigenvalue weighted by atomic mass is 16.2. The van der Waals surface area contributed by atoms with Crippen LogP contribution in [0.15, 0.2) is 48.5 Å². The quantitative estimate of drug-likeness (QED) is 0.376. The van der Waals surface area contributed by atoms with Gasteiger partial charge in [-0.15, -0.1) is 0 Å². The molecular weight excluding hydrogens is 342 g/mol. The Morgan fingerprint density at radius 3 is 2.48 bits per heavy atom. The standard InChI is InChI=1S/C21H17N3O3/c1-13-18(16-6-2-3-7-17(16)24-13)19(25)21(27)23-12-4-5-14-8-10-15(11-9-14)20(22)26/h2-3,6-11,24H,12H2,1H3,(H2,22,26)(H,23,27). The number of carbonyl (C=O) groups excluding carboxylic acids is 3. The van der Waals surface area contributed by atoms with E-state index in [2.05, 4.69) is 22.1 Å². The molecule has 4 N–H and O–H groups in total. The molecule has 2 amide bonds. The van der Waals surface area contributed by atoms with E-state index in [1.165, 1.54) is 0 Å². The number of aromatic amines is 1. The van der Waals surface area contributed by atoms with Gasteiger partial charge in [-0.3, -0.25) is 14.4 Å². The lowest BCUT2D eigenvalue weighted by molar-refractivity contribution is -0.116. The topological polar surface area (TPSA) is 105 Å². The maximum Gasteiger partial charge on any atom is 0.293 e. The maximum absolute atomic E-state index is 12.5. The number of benzene rings is 2. The zero-order chi connectivity index (χ0) is 19.4. The molecule has 1 aromatic heterocycles. The fourth-order valence-corrected chi connectivity index (χ4v) is 2.75. The molecule has 0 unspecified atom stereocenters. The fraction of sp³-hybridized carbons (Fsp3) is 0.0952. The van der Waals surface area contributed by atoms with Gasteiger partial charge in [0, 0.05) is 27.7 Å². The first kappa shape index (κ1) is 18.0. The molecule has 134 valence electrons. The smallest absolute Gasteiger partial charge is 0.293 e. The minimum atomic E-state index is -0.707. The largest absolute Gasteiger partial charge is 0.366 e. The number of amides is 2. The van der Waals surface area contributed by atoms with Crippen LogP contribution in [0, 0.1) is 18.8 Å². The normalized spacial score (nSPS) is 10.1. The van der Waals surface area contributed by atoms with Crippen molar-refractivity contribution >= 4 is 28.5 Å². The van der Waals surface area contributed by atoms with Crippen molar-refractivity contribution in [2.24, 2.45) is 5.73 Å². The molecule has 1 heterocycles. The Morgan fingerprint density at radius 1 is 1.07 bits per heavy atom. The van der Waals surface area contributed by atoms with Gasteiger partial charge in [0.05, 0.1) is 12.1 Å². The van der Waals surface area contributed by atoms with Crippen molar-refractivity contribution in [3.63, 3.8) is 0 Å². The Kier molecular flexibility index (Phi) is 5.04. The molecule has 6 nitrogen and oxygen atoms in total. The molecule has 3 rings (SSSR count). The average molecular weight is 359 g/mol. The highest BCUT2D eigenvalue weighted by molar-refractivity contribution is 6.45.